The lowest BCUT2D eigenvalue weighted by molar-refractivity contribution is -0.136. The first-order valence-corrected chi connectivity index (χ1v) is 11.4. The van der Waals surface area contributed by atoms with Crippen molar-refractivity contribution in [2.45, 2.75) is 32.1 Å². The number of piperidine rings is 2. The number of aromatic nitrogens is 1. The average molecular weight is 441 g/mol. The van der Waals surface area contributed by atoms with Gasteiger partial charge in [-0.05, 0) is 48.9 Å². The molecule has 2 unspecified atom stereocenters. The van der Waals surface area contributed by atoms with Crippen LogP contribution in [0, 0.1) is 28.6 Å². The van der Waals surface area contributed by atoms with Crippen molar-refractivity contribution in [1.82, 2.24) is 15.2 Å². The van der Waals surface area contributed by atoms with Crippen LogP contribution >= 0.6 is 0 Å². The van der Waals surface area contributed by atoms with Gasteiger partial charge < -0.3 is 10.2 Å². The number of pyridine rings is 1. The molecule has 0 radical (unpaired) electrons. The SMILES string of the molecule is CC1CC(c2ccc(C#N)c3ncccc23)CN(C(=O)C[C@H]2CCNCC2(CF)CF)C1. The van der Waals surface area contributed by atoms with Crippen molar-refractivity contribution in [3.8, 4) is 6.07 Å². The summed E-state index contributed by atoms with van der Waals surface area (Å²) >= 11 is 0. The van der Waals surface area contributed by atoms with Gasteiger partial charge in [-0.3, -0.25) is 18.6 Å². The standard InChI is InChI=1S/C25H30F2N4O/c1-17-9-19(21-5-4-18(11-28)24-22(21)3-2-7-30-24)13-31(12-17)23(32)10-20-6-8-29-16-25(20,14-26)15-27/h2-5,7,17,19-20,29H,6,8-10,12-16H2,1H3/t17?,19?,20-/m1/s1. The number of hydrogen-bond donors (Lipinski definition) is 1. The molecule has 4 rings (SSSR count). The van der Waals surface area contributed by atoms with Gasteiger partial charge in [0.1, 0.15) is 6.07 Å². The maximum Gasteiger partial charge on any atom is 0.222 e. The van der Waals surface area contributed by atoms with Crippen LogP contribution in [0.4, 0.5) is 8.78 Å². The summed E-state index contributed by atoms with van der Waals surface area (Å²) < 4.78 is 27.6. The molecule has 3 heterocycles. The van der Waals surface area contributed by atoms with E-state index in [2.05, 4.69) is 23.3 Å². The summed E-state index contributed by atoms with van der Waals surface area (Å²) in [4.78, 5) is 19.6. The monoisotopic (exact) mass is 440 g/mol. The molecule has 7 heteroatoms. The van der Waals surface area contributed by atoms with Crippen LogP contribution in [0.3, 0.4) is 0 Å². The van der Waals surface area contributed by atoms with Gasteiger partial charge in [0.25, 0.3) is 0 Å². The molecular weight excluding hydrogens is 410 g/mol. The van der Waals surface area contributed by atoms with Crippen molar-refractivity contribution in [3.63, 3.8) is 0 Å². The Balaban J connectivity index is 1.56. The van der Waals surface area contributed by atoms with Crippen LogP contribution in [-0.4, -0.2) is 55.3 Å². The van der Waals surface area contributed by atoms with Gasteiger partial charge in [0.2, 0.25) is 5.91 Å². The number of benzene rings is 1. The highest BCUT2D eigenvalue weighted by molar-refractivity contribution is 5.87. The normalized spacial score (nSPS) is 25.4. The van der Waals surface area contributed by atoms with Crippen molar-refractivity contribution in [1.29, 1.82) is 5.26 Å². The van der Waals surface area contributed by atoms with Crippen LogP contribution in [0.25, 0.3) is 10.9 Å². The number of nitriles is 1. The van der Waals surface area contributed by atoms with Crippen molar-refractivity contribution in [2.24, 2.45) is 17.3 Å². The highest BCUT2D eigenvalue weighted by Gasteiger charge is 2.43. The van der Waals surface area contributed by atoms with Gasteiger partial charge in [-0.1, -0.05) is 19.1 Å². The van der Waals surface area contributed by atoms with Gasteiger partial charge >= 0.3 is 0 Å². The third-order valence-electron chi connectivity index (χ3n) is 7.34. The van der Waals surface area contributed by atoms with Crippen LogP contribution in [0.2, 0.25) is 0 Å². The molecule has 170 valence electrons. The zero-order valence-corrected chi connectivity index (χ0v) is 18.5. The van der Waals surface area contributed by atoms with E-state index in [1.165, 1.54) is 0 Å². The maximum atomic E-state index is 13.8. The van der Waals surface area contributed by atoms with Crippen LogP contribution in [0.5, 0.6) is 0 Å². The van der Waals surface area contributed by atoms with Crippen LogP contribution in [-0.2, 0) is 4.79 Å². The lowest BCUT2D eigenvalue weighted by atomic mass is 9.71. The first-order chi connectivity index (χ1) is 15.5. The van der Waals surface area contributed by atoms with E-state index in [0.717, 1.165) is 17.4 Å². The number of fused-ring (bicyclic) bond motifs is 1. The summed E-state index contributed by atoms with van der Waals surface area (Å²) in [5.41, 5.74) is 1.24. The molecule has 1 N–H and O–H groups in total. The highest BCUT2D eigenvalue weighted by Crippen LogP contribution is 2.39. The van der Waals surface area contributed by atoms with Crippen LogP contribution in [0.15, 0.2) is 30.5 Å². The van der Waals surface area contributed by atoms with E-state index in [1.807, 2.05) is 29.2 Å². The highest BCUT2D eigenvalue weighted by atomic mass is 19.1. The number of alkyl halides is 2. The lowest BCUT2D eigenvalue weighted by Crippen LogP contribution is -2.52. The summed E-state index contributed by atoms with van der Waals surface area (Å²) in [6.07, 6.45) is 3.42. The van der Waals surface area contributed by atoms with E-state index in [1.54, 1.807) is 6.20 Å². The second kappa shape index (κ2) is 9.50. The molecule has 1 amide bonds. The molecule has 0 bridgehead atoms. The Morgan fingerprint density at radius 2 is 2.12 bits per heavy atom. The molecule has 2 aliphatic heterocycles. The minimum absolute atomic E-state index is 0.0178. The van der Waals surface area contributed by atoms with Crippen molar-refractivity contribution in [2.75, 3.05) is 39.5 Å². The van der Waals surface area contributed by atoms with E-state index >= 15 is 0 Å². The van der Waals surface area contributed by atoms with Gasteiger partial charge in [-0.2, -0.15) is 5.26 Å². The van der Waals surface area contributed by atoms with Gasteiger partial charge in [0, 0.05) is 49.0 Å². The molecule has 0 aliphatic carbocycles. The Morgan fingerprint density at radius 3 is 2.88 bits per heavy atom. The third-order valence-corrected chi connectivity index (χ3v) is 7.34. The second-order valence-corrected chi connectivity index (χ2v) is 9.55. The Bertz CT molecular complexity index is 1020. The fourth-order valence-corrected chi connectivity index (χ4v) is 5.49. The molecule has 2 aliphatic rings. The Morgan fingerprint density at radius 1 is 1.31 bits per heavy atom. The zero-order chi connectivity index (χ0) is 22.7. The summed E-state index contributed by atoms with van der Waals surface area (Å²) in [6, 6.07) is 9.85. The van der Waals surface area contributed by atoms with Gasteiger partial charge in [0.15, 0.2) is 0 Å². The average Bonchev–Trinajstić information content (AvgIpc) is 2.83. The third kappa shape index (κ3) is 4.21. The number of carbonyl (C=O) groups excluding carboxylic acids is 1. The molecule has 1 aromatic carbocycles. The van der Waals surface area contributed by atoms with E-state index < -0.39 is 18.8 Å². The summed E-state index contributed by atoms with van der Waals surface area (Å²) in [7, 11) is 0. The molecule has 0 spiro atoms. The first-order valence-electron chi connectivity index (χ1n) is 11.4. The van der Waals surface area contributed by atoms with Crippen LogP contribution < -0.4 is 5.32 Å². The first kappa shape index (κ1) is 22.6. The summed E-state index contributed by atoms with van der Waals surface area (Å²) in [5.74, 6) is 0.125. The number of halogens is 2. The van der Waals surface area contributed by atoms with Crippen molar-refractivity contribution < 1.29 is 13.6 Å². The number of amides is 1. The number of likely N-dealkylation sites (tertiary alicyclic amines) is 1. The minimum atomic E-state index is -1.09. The smallest absolute Gasteiger partial charge is 0.222 e. The van der Waals surface area contributed by atoms with E-state index in [9.17, 15) is 18.8 Å². The van der Waals surface area contributed by atoms with Gasteiger partial charge in [0.05, 0.1) is 24.4 Å². The fraction of sp³-hybridized carbons (Fsp3) is 0.560. The van der Waals surface area contributed by atoms with Crippen molar-refractivity contribution >= 4 is 16.8 Å². The topological polar surface area (TPSA) is 69.0 Å². The van der Waals surface area contributed by atoms with E-state index in [-0.39, 0.29) is 30.7 Å². The Labute approximate surface area is 187 Å². The van der Waals surface area contributed by atoms with Gasteiger partial charge in [-0.15, -0.1) is 0 Å². The number of nitrogens with zero attached hydrogens (tertiary/aromatic N) is 3. The summed E-state index contributed by atoms with van der Waals surface area (Å²) in [6.45, 7) is 2.82. The molecule has 2 fully saturated rings. The predicted octanol–water partition coefficient (Wildman–Crippen LogP) is 3.98. The number of carbonyl (C=O) groups is 1. The molecule has 32 heavy (non-hydrogen) atoms. The fourth-order valence-electron chi connectivity index (χ4n) is 5.49. The summed E-state index contributed by atoms with van der Waals surface area (Å²) in [5, 5.41) is 13.5. The number of nitrogens with one attached hydrogen (secondary N) is 1. The molecule has 2 aromatic rings. The second-order valence-electron chi connectivity index (χ2n) is 9.55. The molecular formula is C25H30F2N4O. The zero-order valence-electron chi connectivity index (χ0n) is 18.5. The maximum absolute atomic E-state index is 13.8. The molecule has 2 saturated heterocycles. The van der Waals surface area contributed by atoms with Crippen molar-refractivity contribution in [3.05, 3.63) is 41.6 Å². The van der Waals surface area contributed by atoms with Crippen LogP contribution in [0.1, 0.15) is 43.2 Å². The lowest BCUT2D eigenvalue weighted by Gasteiger charge is -2.42. The quantitative estimate of drug-likeness (QED) is 0.764. The Hall–Kier alpha value is -2.59. The molecule has 1 aromatic heterocycles. The van der Waals surface area contributed by atoms with E-state index in [4.69, 9.17) is 0 Å². The van der Waals surface area contributed by atoms with E-state index in [0.29, 0.717) is 43.1 Å². The van der Waals surface area contributed by atoms with Gasteiger partial charge in [-0.25, -0.2) is 0 Å². The number of rotatable bonds is 5. The predicted molar refractivity (Wildman–Crippen MR) is 120 cm³/mol. The largest absolute Gasteiger partial charge is 0.342 e. The minimum Gasteiger partial charge on any atom is -0.342 e. The molecule has 3 atom stereocenters. The molecule has 0 saturated carbocycles. The molecule has 5 nitrogen and oxygen atoms in total. The Kier molecular flexibility index (Phi) is 6.71. The number of hydrogen-bond acceptors (Lipinski definition) is 4.